The van der Waals surface area contributed by atoms with E-state index in [0.29, 0.717) is 5.78 Å². The maximum atomic E-state index is 12.5. The van der Waals surface area contributed by atoms with E-state index in [0.717, 1.165) is 29.3 Å². The molecule has 82 valence electrons. The number of carbonyl (C=O) groups is 1. The third-order valence-corrected chi connectivity index (χ3v) is 5.28. The molecule has 0 atom stereocenters. The summed E-state index contributed by atoms with van der Waals surface area (Å²) in [5.41, 5.74) is 0.840. The normalized spacial score (nSPS) is 19.3. The van der Waals surface area contributed by atoms with Gasteiger partial charge in [-0.25, -0.2) is 0 Å². The standard InChI is InChI=1S/C12H15BrOS/c1-2-12(5-3-4-6-12)11(14)9-7-15-8-10(9)13/h7-8H,2-6H2,1H3. The summed E-state index contributed by atoms with van der Waals surface area (Å²) in [7, 11) is 0. The Kier molecular flexibility index (Phi) is 3.31. The fraction of sp³-hybridized carbons (Fsp3) is 0.583. The van der Waals surface area contributed by atoms with Gasteiger partial charge in [0.05, 0.1) is 0 Å². The first kappa shape index (κ1) is 11.3. The molecule has 0 spiro atoms. The molecule has 0 bridgehead atoms. The van der Waals surface area contributed by atoms with E-state index in [9.17, 15) is 4.79 Å². The summed E-state index contributed by atoms with van der Waals surface area (Å²) in [6.07, 6.45) is 5.55. The predicted molar refractivity (Wildman–Crippen MR) is 67.5 cm³/mol. The van der Waals surface area contributed by atoms with Crippen LogP contribution in [0.2, 0.25) is 0 Å². The lowest BCUT2D eigenvalue weighted by Gasteiger charge is -2.25. The third kappa shape index (κ3) is 1.92. The number of hydrogen-bond acceptors (Lipinski definition) is 2. The van der Waals surface area contributed by atoms with Crippen LogP contribution in [-0.4, -0.2) is 5.78 Å². The van der Waals surface area contributed by atoms with E-state index >= 15 is 0 Å². The van der Waals surface area contributed by atoms with Gasteiger partial charge in [-0.2, -0.15) is 11.3 Å². The Labute approximate surface area is 103 Å². The summed E-state index contributed by atoms with van der Waals surface area (Å²) in [5, 5.41) is 3.97. The topological polar surface area (TPSA) is 17.1 Å². The van der Waals surface area contributed by atoms with Gasteiger partial charge in [0.1, 0.15) is 0 Å². The van der Waals surface area contributed by atoms with Crippen molar-refractivity contribution in [3.05, 3.63) is 20.8 Å². The molecule has 1 heterocycles. The second kappa shape index (κ2) is 4.38. The maximum Gasteiger partial charge on any atom is 0.170 e. The Hall–Kier alpha value is -0.150. The van der Waals surface area contributed by atoms with Crippen LogP contribution in [-0.2, 0) is 0 Å². The summed E-state index contributed by atoms with van der Waals surface area (Å²) >= 11 is 5.05. The molecule has 1 saturated carbocycles. The van der Waals surface area contributed by atoms with Gasteiger partial charge in [0.25, 0.3) is 0 Å². The molecular weight excluding hydrogens is 272 g/mol. The Morgan fingerprint density at radius 1 is 1.47 bits per heavy atom. The molecule has 0 aliphatic heterocycles. The number of carbonyl (C=O) groups excluding carboxylic acids is 1. The first-order chi connectivity index (χ1) is 7.19. The summed E-state index contributed by atoms with van der Waals surface area (Å²) in [4.78, 5) is 12.5. The lowest BCUT2D eigenvalue weighted by Crippen LogP contribution is -2.27. The van der Waals surface area contributed by atoms with Gasteiger partial charge in [0, 0.05) is 26.2 Å². The molecule has 1 aliphatic rings. The molecule has 1 aliphatic carbocycles. The molecule has 0 radical (unpaired) electrons. The minimum atomic E-state index is -0.0520. The number of halogens is 1. The maximum absolute atomic E-state index is 12.5. The van der Waals surface area contributed by atoms with E-state index in [1.165, 1.54) is 12.8 Å². The van der Waals surface area contributed by atoms with E-state index < -0.39 is 0 Å². The van der Waals surface area contributed by atoms with Crippen molar-refractivity contribution in [1.29, 1.82) is 0 Å². The van der Waals surface area contributed by atoms with E-state index in [1.807, 2.05) is 10.8 Å². The number of ketones is 1. The van der Waals surface area contributed by atoms with Crippen LogP contribution >= 0.6 is 27.3 Å². The summed E-state index contributed by atoms with van der Waals surface area (Å²) in [6, 6.07) is 0. The molecule has 0 aromatic carbocycles. The monoisotopic (exact) mass is 286 g/mol. The Balaban J connectivity index is 2.30. The van der Waals surface area contributed by atoms with Crippen molar-refractivity contribution in [2.24, 2.45) is 5.41 Å². The molecule has 2 rings (SSSR count). The zero-order valence-electron chi connectivity index (χ0n) is 8.88. The van der Waals surface area contributed by atoms with Gasteiger partial charge >= 0.3 is 0 Å². The van der Waals surface area contributed by atoms with Gasteiger partial charge in [0.2, 0.25) is 0 Å². The minimum absolute atomic E-state index is 0.0520. The van der Waals surface area contributed by atoms with E-state index in [-0.39, 0.29) is 5.41 Å². The molecule has 15 heavy (non-hydrogen) atoms. The van der Waals surface area contributed by atoms with Crippen LogP contribution in [0.15, 0.2) is 15.2 Å². The average molecular weight is 287 g/mol. The van der Waals surface area contributed by atoms with Gasteiger partial charge in [0.15, 0.2) is 5.78 Å². The molecule has 0 N–H and O–H groups in total. The largest absolute Gasteiger partial charge is 0.293 e. The van der Waals surface area contributed by atoms with Crippen LogP contribution in [0, 0.1) is 5.41 Å². The van der Waals surface area contributed by atoms with Crippen molar-refractivity contribution in [1.82, 2.24) is 0 Å². The first-order valence-electron chi connectivity index (χ1n) is 5.46. The molecule has 0 amide bonds. The fourth-order valence-corrected chi connectivity index (χ4v) is 3.98. The van der Waals surface area contributed by atoms with Gasteiger partial charge in [-0.15, -0.1) is 0 Å². The van der Waals surface area contributed by atoms with E-state index in [1.54, 1.807) is 11.3 Å². The Bertz CT molecular complexity index is 363. The minimum Gasteiger partial charge on any atom is -0.293 e. The number of hydrogen-bond donors (Lipinski definition) is 0. The highest BCUT2D eigenvalue weighted by molar-refractivity contribution is 9.10. The van der Waals surface area contributed by atoms with Crippen molar-refractivity contribution in [2.75, 3.05) is 0 Å². The van der Waals surface area contributed by atoms with Gasteiger partial charge in [-0.1, -0.05) is 19.8 Å². The highest BCUT2D eigenvalue weighted by atomic mass is 79.9. The lowest BCUT2D eigenvalue weighted by molar-refractivity contribution is 0.0791. The van der Waals surface area contributed by atoms with E-state index in [4.69, 9.17) is 0 Å². The molecule has 1 aromatic heterocycles. The molecule has 1 nitrogen and oxygen atoms in total. The zero-order chi connectivity index (χ0) is 10.9. The van der Waals surface area contributed by atoms with E-state index in [2.05, 4.69) is 22.9 Å². The fourth-order valence-electron chi connectivity index (χ4n) is 2.52. The summed E-state index contributed by atoms with van der Waals surface area (Å²) in [5.74, 6) is 0.357. The Morgan fingerprint density at radius 3 is 2.60 bits per heavy atom. The van der Waals surface area contributed by atoms with Gasteiger partial charge < -0.3 is 0 Å². The zero-order valence-corrected chi connectivity index (χ0v) is 11.3. The second-order valence-electron chi connectivity index (χ2n) is 4.30. The highest BCUT2D eigenvalue weighted by Gasteiger charge is 2.40. The SMILES string of the molecule is CCC1(C(=O)c2cscc2Br)CCCC1. The molecule has 3 heteroatoms. The number of Topliss-reactive ketones (excluding diaryl/α,β-unsaturated/α-hetero) is 1. The highest BCUT2D eigenvalue weighted by Crippen LogP contribution is 2.44. The van der Waals surface area contributed by atoms with Crippen molar-refractivity contribution in [3.63, 3.8) is 0 Å². The third-order valence-electron chi connectivity index (χ3n) is 3.58. The number of rotatable bonds is 3. The van der Waals surface area contributed by atoms with Crippen molar-refractivity contribution in [3.8, 4) is 0 Å². The molecule has 1 fully saturated rings. The van der Waals surface area contributed by atoms with Crippen molar-refractivity contribution < 1.29 is 4.79 Å². The van der Waals surface area contributed by atoms with Crippen LogP contribution in [0.1, 0.15) is 49.4 Å². The first-order valence-corrected chi connectivity index (χ1v) is 7.20. The van der Waals surface area contributed by atoms with Crippen LogP contribution in [0.5, 0.6) is 0 Å². The van der Waals surface area contributed by atoms with Crippen LogP contribution in [0.25, 0.3) is 0 Å². The second-order valence-corrected chi connectivity index (χ2v) is 5.90. The van der Waals surface area contributed by atoms with Crippen LogP contribution in [0.4, 0.5) is 0 Å². The average Bonchev–Trinajstić information content (AvgIpc) is 2.86. The molecule has 0 unspecified atom stereocenters. The lowest BCUT2D eigenvalue weighted by atomic mass is 9.77. The summed E-state index contributed by atoms with van der Waals surface area (Å²) in [6.45, 7) is 2.14. The van der Waals surface area contributed by atoms with Crippen molar-refractivity contribution >= 4 is 33.0 Å². The quantitative estimate of drug-likeness (QED) is 0.739. The van der Waals surface area contributed by atoms with Gasteiger partial charge in [-0.05, 0) is 35.2 Å². The number of thiophene rings is 1. The van der Waals surface area contributed by atoms with Gasteiger partial charge in [-0.3, -0.25) is 4.79 Å². The predicted octanol–water partition coefficient (Wildman–Crippen LogP) is 4.66. The Morgan fingerprint density at radius 2 is 2.13 bits per heavy atom. The summed E-state index contributed by atoms with van der Waals surface area (Å²) < 4.78 is 0.970. The molecular formula is C12H15BrOS. The van der Waals surface area contributed by atoms with Crippen molar-refractivity contribution in [2.45, 2.75) is 39.0 Å². The smallest absolute Gasteiger partial charge is 0.170 e. The molecule has 0 saturated heterocycles. The molecule has 1 aromatic rings. The van der Waals surface area contributed by atoms with Crippen LogP contribution < -0.4 is 0 Å². The van der Waals surface area contributed by atoms with Crippen LogP contribution in [0.3, 0.4) is 0 Å².